The van der Waals surface area contributed by atoms with Crippen LogP contribution in [0.4, 0.5) is 15.8 Å². The topological polar surface area (TPSA) is 49.9 Å². The van der Waals surface area contributed by atoms with Crippen molar-refractivity contribution in [2.45, 2.75) is 49.0 Å². The normalized spacial score (nSPS) is 22.8. The highest BCUT2D eigenvalue weighted by molar-refractivity contribution is 7.89. The summed E-state index contributed by atoms with van der Waals surface area (Å²) in [5, 5.41) is 0. The summed E-state index contributed by atoms with van der Waals surface area (Å²) in [4.78, 5) is 2.51. The van der Waals surface area contributed by atoms with E-state index in [0.29, 0.717) is 36.3 Å². The van der Waals surface area contributed by atoms with Gasteiger partial charge in [-0.1, -0.05) is 49.6 Å². The zero-order valence-electron chi connectivity index (χ0n) is 21.1. The Bertz CT molecular complexity index is 1370. The van der Waals surface area contributed by atoms with Crippen LogP contribution < -0.4 is 4.90 Å². The second kappa shape index (κ2) is 9.86. The molecule has 1 atom stereocenters. The average molecular weight is 521 g/mol. The number of sulfonamides is 1. The third kappa shape index (κ3) is 4.47. The molecule has 6 rings (SSSR count). The van der Waals surface area contributed by atoms with Crippen LogP contribution in [0.2, 0.25) is 0 Å². The predicted octanol–water partition coefficient (Wildman–Crippen LogP) is 6.33. The van der Waals surface area contributed by atoms with Gasteiger partial charge in [-0.2, -0.15) is 4.31 Å². The zero-order valence-corrected chi connectivity index (χ0v) is 22.0. The van der Waals surface area contributed by atoms with Crippen LogP contribution in [0.3, 0.4) is 0 Å². The summed E-state index contributed by atoms with van der Waals surface area (Å²) < 4.78 is 49.5. The summed E-state index contributed by atoms with van der Waals surface area (Å²) >= 11 is 0. The van der Waals surface area contributed by atoms with E-state index in [4.69, 9.17) is 4.74 Å². The maximum Gasteiger partial charge on any atom is 0.245 e. The number of rotatable bonds is 4. The molecule has 2 fully saturated rings. The Morgan fingerprint density at radius 2 is 1.62 bits per heavy atom. The van der Waals surface area contributed by atoms with Gasteiger partial charge < -0.3 is 9.64 Å². The Kier molecular flexibility index (Phi) is 6.55. The lowest BCUT2D eigenvalue weighted by atomic mass is 9.83. The lowest BCUT2D eigenvalue weighted by molar-refractivity contribution is 0.00864. The Labute approximate surface area is 218 Å². The molecule has 7 heteroatoms. The minimum absolute atomic E-state index is 0.123. The Balaban J connectivity index is 1.57. The van der Waals surface area contributed by atoms with Crippen molar-refractivity contribution >= 4 is 21.4 Å². The van der Waals surface area contributed by atoms with Gasteiger partial charge in [0.25, 0.3) is 0 Å². The van der Waals surface area contributed by atoms with Crippen LogP contribution in [0, 0.1) is 11.7 Å². The number of anilines is 2. The van der Waals surface area contributed by atoms with Crippen molar-refractivity contribution in [1.29, 1.82) is 0 Å². The molecule has 1 aliphatic carbocycles. The first kappa shape index (κ1) is 24.6. The quantitative estimate of drug-likeness (QED) is 0.404. The molecule has 0 spiro atoms. The van der Waals surface area contributed by atoms with E-state index >= 15 is 0 Å². The molecule has 3 aromatic carbocycles. The second-order valence-electron chi connectivity index (χ2n) is 10.6. The SMILES string of the molecule is CN1[C@H](C2CCCCC2)CN(c2ccccc2)c2cc(C3COC3)c(-c3ccc(F)cc3)cc2S1(=O)=O. The largest absolute Gasteiger partial charge is 0.380 e. The van der Waals surface area contributed by atoms with E-state index in [-0.39, 0.29) is 17.8 Å². The highest BCUT2D eigenvalue weighted by Crippen LogP contribution is 2.45. The number of halogens is 1. The van der Waals surface area contributed by atoms with Crippen LogP contribution in [-0.4, -0.2) is 45.6 Å². The average Bonchev–Trinajstić information content (AvgIpc) is 2.97. The fourth-order valence-electron chi connectivity index (χ4n) is 6.19. The molecule has 2 heterocycles. The van der Waals surface area contributed by atoms with Crippen LogP contribution >= 0.6 is 0 Å². The molecule has 3 aliphatic rings. The molecule has 1 saturated carbocycles. The first-order chi connectivity index (χ1) is 17.9. The number of para-hydroxylation sites is 1. The van der Waals surface area contributed by atoms with Gasteiger partial charge in [-0.05, 0) is 71.8 Å². The van der Waals surface area contributed by atoms with Crippen LogP contribution in [0.15, 0.2) is 71.6 Å². The van der Waals surface area contributed by atoms with Crippen molar-refractivity contribution in [1.82, 2.24) is 4.31 Å². The van der Waals surface area contributed by atoms with Gasteiger partial charge >= 0.3 is 0 Å². The maximum absolute atomic E-state index is 14.3. The number of hydrogen-bond donors (Lipinski definition) is 0. The smallest absolute Gasteiger partial charge is 0.245 e. The standard InChI is InChI=1S/C30H33FN2O3S/c1-32-29(22-8-4-2-5-9-22)18-33(25-10-6-3-7-11-25)28-16-26(23-19-36-20-23)27(17-30(28)37(32,34)35)21-12-14-24(31)15-13-21/h3,6-7,10-17,22-23,29H,2,4-5,8-9,18-20H2,1H3/t29-/m0/s1. The fraction of sp³-hybridized carbons (Fsp3) is 0.400. The first-order valence-corrected chi connectivity index (χ1v) is 14.7. The Morgan fingerprint density at radius 1 is 0.919 bits per heavy atom. The van der Waals surface area contributed by atoms with E-state index in [1.807, 2.05) is 24.3 Å². The van der Waals surface area contributed by atoms with Gasteiger partial charge in [0.15, 0.2) is 0 Å². The summed E-state index contributed by atoms with van der Waals surface area (Å²) in [6.07, 6.45) is 5.61. The van der Waals surface area contributed by atoms with Crippen LogP contribution in [0.5, 0.6) is 0 Å². The van der Waals surface area contributed by atoms with E-state index in [9.17, 15) is 12.8 Å². The van der Waals surface area contributed by atoms with E-state index < -0.39 is 10.0 Å². The van der Waals surface area contributed by atoms with Crippen molar-refractivity contribution in [2.24, 2.45) is 5.92 Å². The van der Waals surface area contributed by atoms with Crippen molar-refractivity contribution in [3.8, 4) is 11.1 Å². The summed E-state index contributed by atoms with van der Waals surface area (Å²) in [7, 11) is -2.03. The molecule has 37 heavy (non-hydrogen) atoms. The van der Waals surface area contributed by atoms with Crippen LogP contribution in [0.1, 0.15) is 43.6 Å². The highest BCUT2D eigenvalue weighted by atomic mass is 32.2. The molecule has 0 amide bonds. The maximum atomic E-state index is 14.3. The third-order valence-electron chi connectivity index (χ3n) is 8.41. The molecular formula is C30H33FN2O3S. The predicted molar refractivity (Wildman–Crippen MR) is 144 cm³/mol. The fourth-order valence-corrected chi connectivity index (χ4v) is 7.79. The van der Waals surface area contributed by atoms with Gasteiger partial charge in [0.05, 0.1) is 18.9 Å². The minimum Gasteiger partial charge on any atom is -0.380 e. The molecule has 2 aliphatic heterocycles. The zero-order chi connectivity index (χ0) is 25.6. The second-order valence-corrected chi connectivity index (χ2v) is 12.5. The van der Waals surface area contributed by atoms with Gasteiger partial charge in [0, 0.05) is 31.2 Å². The number of fused-ring (bicyclic) bond motifs is 1. The van der Waals surface area contributed by atoms with E-state index in [1.165, 1.54) is 18.6 Å². The molecule has 1 saturated heterocycles. The first-order valence-electron chi connectivity index (χ1n) is 13.3. The van der Waals surface area contributed by atoms with Crippen molar-refractivity contribution in [3.63, 3.8) is 0 Å². The molecule has 0 unspecified atom stereocenters. The molecule has 0 N–H and O–H groups in total. The minimum atomic E-state index is -3.78. The molecule has 3 aromatic rings. The molecule has 5 nitrogen and oxygen atoms in total. The van der Waals surface area contributed by atoms with E-state index in [0.717, 1.165) is 48.1 Å². The molecular weight excluding hydrogens is 487 g/mol. The number of ether oxygens (including phenoxy) is 1. The molecule has 0 radical (unpaired) electrons. The van der Waals surface area contributed by atoms with Crippen molar-refractivity contribution < 1.29 is 17.5 Å². The van der Waals surface area contributed by atoms with Gasteiger partial charge in [0.2, 0.25) is 10.0 Å². The van der Waals surface area contributed by atoms with Gasteiger partial charge in [-0.15, -0.1) is 0 Å². The van der Waals surface area contributed by atoms with Crippen molar-refractivity contribution in [3.05, 3.63) is 78.1 Å². The lowest BCUT2D eigenvalue weighted by Crippen LogP contribution is -2.46. The summed E-state index contributed by atoms with van der Waals surface area (Å²) in [5.74, 6) is 0.177. The number of likely N-dealkylation sites (N-methyl/N-ethyl adjacent to an activating group) is 1. The summed E-state index contributed by atoms with van der Waals surface area (Å²) in [6.45, 7) is 1.79. The van der Waals surface area contributed by atoms with E-state index in [2.05, 4.69) is 23.1 Å². The molecule has 0 aromatic heterocycles. The van der Waals surface area contributed by atoms with Gasteiger partial charge in [0.1, 0.15) is 10.7 Å². The summed E-state index contributed by atoms with van der Waals surface area (Å²) in [6, 6.07) is 20.2. The highest BCUT2D eigenvalue weighted by Gasteiger charge is 2.41. The van der Waals surface area contributed by atoms with Crippen LogP contribution in [0.25, 0.3) is 11.1 Å². The molecule has 0 bridgehead atoms. The van der Waals surface area contributed by atoms with Gasteiger partial charge in [-0.25, -0.2) is 12.8 Å². The monoisotopic (exact) mass is 520 g/mol. The third-order valence-corrected chi connectivity index (χ3v) is 10.3. The number of nitrogens with zero attached hydrogens (tertiary/aromatic N) is 2. The molecule has 194 valence electrons. The summed E-state index contributed by atoms with van der Waals surface area (Å²) in [5.41, 5.74) is 4.38. The van der Waals surface area contributed by atoms with Gasteiger partial charge in [-0.3, -0.25) is 0 Å². The number of hydrogen-bond acceptors (Lipinski definition) is 4. The Morgan fingerprint density at radius 3 is 2.27 bits per heavy atom. The number of benzene rings is 3. The van der Waals surface area contributed by atoms with Crippen LogP contribution in [-0.2, 0) is 14.8 Å². The van der Waals surface area contributed by atoms with E-state index in [1.54, 1.807) is 23.5 Å². The van der Waals surface area contributed by atoms with Crippen molar-refractivity contribution in [2.75, 3.05) is 31.7 Å². The lowest BCUT2D eigenvalue weighted by Gasteiger charge is -2.37. The Hall–Kier alpha value is -2.74.